The summed E-state index contributed by atoms with van der Waals surface area (Å²) in [6.07, 6.45) is 4.10. The zero-order valence-electron chi connectivity index (χ0n) is 13.0. The summed E-state index contributed by atoms with van der Waals surface area (Å²) in [5.41, 5.74) is 1.21. The van der Waals surface area contributed by atoms with Crippen molar-refractivity contribution < 1.29 is 14.6 Å². The molecule has 0 aliphatic heterocycles. The molecule has 0 unspecified atom stereocenters. The van der Waals surface area contributed by atoms with Crippen LogP contribution in [0.3, 0.4) is 0 Å². The van der Waals surface area contributed by atoms with E-state index in [1.807, 2.05) is 12.1 Å². The maximum atomic E-state index is 10.0. The van der Waals surface area contributed by atoms with Crippen LogP contribution in [0, 0.1) is 0 Å². The Balaban J connectivity index is 1.85. The van der Waals surface area contributed by atoms with Gasteiger partial charge in [0.1, 0.15) is 12.4 Å². The van der Waals surface area contributed by atoms with Gasteiger partial charge in [-0.2, -0.15) is 0 Å². The monoisotopic (exact) mass is 293 g/mol. The van der Waals surface area contributed by atoms with E-state index in [1.165, 1.54) is 12.0 Å². The molecular weight excluding hydrogens is 266 g/mol. The molecule has 21 heavy (non-hydrogen) atoms. The van der Waals surface area contributed by atoms with Crippen molar-refractivity contribution in [2.75, 3.05) is 20.3 Å². The molecule has 0 saturated heterocycles. The first-order chi connectivity index (χ1) is 10.2. The summed E-state index contributed by atoms with van der Waals surface area (Å²) in [5, 5.41) is 13.6. The SMILES string of the molecule is COCCOc1ccc([C@H](C)N[C@@H]2CCCC[C@H]2O)cc1. The Morgan fingerprint density at radius 2 is 1.90 bits per heavy atom. The lowest BCUT2D eigenvalue weighted by molar-refractivity contribution is 0.0859. The van der Waals surface area contributed by atoms with E-state index in [9.17, 15) is 5.11 Å². The fourth-order valence-corrected chi connectivity index (χ4v) is 2.82. The van der Waals surface area contributed by atoms with Crippen molar-refractivity contribution in [2.45, 2.75) is 50.8 Å². The molecule has 1 aromatic rings. The van der Waals surface area contributed by atoms with Crippen molar-refractivity contribution in [3.8, 4) is 5.75 Å². The van der Waals surface area contributed by atoms with Crippen molar-refractivity contribution in [3.63, 3.8) is 0 Å². The second kappa shape index (κ2) is 8.37. The molecule has 0 aromatic heterocycles. The zero-order chi connectivity index (χ0) is 15.1. The molecule has 4 heteroatoms. The molecule has 4 nitrogen and oxygen atoms in total. The van der Waals surface area contributed by atoms with Gasteiger partial charge in [-0.05, 0) is 37.5 Å². The molecular formula is C17H27NO3. The van der Waals surface area contributed by atoms with E-state index in [4.69, 9.17) is 9.47 Å². The summed E-state index contributed by atoms with van der Waals surface area (Å²) >= 11 is 0. The third-order valence-corrected chi connectivity index (χ3v) is 4.13. The molecule has 1 fully saturated rings. The van der Waals surface area contributed by atoms with E-state index >= 15 is 0 Å². The standard InChI is InChI=1S/C17H27NO3/c1-13(18-16-5-3-4-6-17(16)19)14-7-9-15(10-8-14)21-12-11-20-2/h7-10,13,16-19H,3-6,11-12H2,1-2H3/t13-,16+,17+/m0/s1. The predicted molar refractivity (Wildman–Crippen MR) is 83.6 cm³/mol. The van der Waals surface area contributed by atoms with Crippen molar-refractivity contribution in [1.29, 1.82) is 0 Å². The van der Waals surface area contributed by atoms with E-state index in [0.29, 0.717) is 13.2 Å². The summed E-state index contributed by atoms with van der Waals surface area (Å²) in [6, 6.07) is 8.58. The van der Waals surface area contributed by atoms with E-state index in [-0.39, 0.29) is 18.2 Å². The van der Waals surface area contributed by atoms with Crippen LogP contribution in [0.4, 0.5) is 0 Å². The average molecular weight is 293 g/mol. The van der Waals surface area contributed by atoms with Crippen LogP contribution in [0.5, 0.6) is 5.75 Å². The number of benzene rings is 1. The number of hydrogen-bond acceptors (Lipinski definition) is 4. The normalized spacial score (nSPS) is 23.8. The van der Waals surface area contributed by atoms with Gasteiger partial charge < -0.3 is 19.9 Å². The average Bonchev–Trinajstić information content (AvgIpc) is 2.50. The van der Waals surface area contributed by atoms with E-state index in [0.717, 1.165) is 25.0 Å². The van der Waals surface area contributed by atoms with Crippen LogP contribution in [0.15, 0.2) is 24.3 Å². The van der Waals surface area contributed by atoms with Crippen molar-refractivity contribution in [1.82, 2.24) is 5.32 Å². The van der Waals surface area contributed by atoms with Gasteiger partial charge in [0, 0.05) is 19.2 Å². The highest BCUT2D eigenvalue weighted by Gasteiger charge is 2.24. The molecule has 1 aliphatic rings. The maximum absolute atomic E-state index is 10.0. The highest BCUT2D eigenvalue weighted by Crippen LogP contribution is 2.23. The Bertz CT molecular complexity index is 407. The molecule has 2 N–H and O–H groups in total. The second-order valence-electron chi connectivity index (χ2n) is 5.76. The zero-order valence-corrected chi connectivity index (χ0v) is 13.0. The van der Waals surface area contributed by atoms with Gasteiger partial charge in [-0.1, -0.05) is 25.0 Å². The summed E-state index contributed by atoms with van der Waals surface area (Å²) in [4.78, 5) is 0. The number of aliphatic hydroxyl groups is 1. The number of methoxy groups -OCH3 is 1. The molecule has 0 heterocycles. The maximum Gasteiger partial charge on any atom is 0.119 e. The van der Waals surface area contributed by atoms with Gasteiger partial charge in [-0.25, -0.2) is 0 Å². The Kier molecular flexibility index (Phi) is 6.49. The molecule has 1 saturated carbocycles. The summed E-state index contributed by atoms with van der Waals surface area (Å²) in [7, 11) is 1.67. The fraction of sp³-hybridized carbons (Fsp3) is 0.647. The molecule has 2 rings (SSSR count). The van der Waals surface area contributed by atoms with Crippen LogP contribution in [0.1, 0.15) is 44.2 Å². The topological polar surface area (TPSA) is 50.7 Å². The molecule has 0 amide bonds. The van der Waals surface area contributed by atoms with Crippen LogP contribution >= 0.6 is 0 Å². The van der Waals surface area contributed by atoms with Crippen LogP contribution < -0.4 is 10.1 Å². The number of hydrogen-bond donors (Lipinski definition) is 2. The minimum Gasteiger partial charge on any atom is -0.491 e. The van der Waals surface area contributed by atoms with Crippen molar-refractivity contribution in [2.24, 2.45) is 0 Å². The molecule has 118 valence electrons. The first-order valence-electron chi connectivity index (χ1n) is 7.86. The summed E-state index contributed by atoms with van der Waals surface area (Å²) < 4.78 is 10.5. The Morgan fingerprint density at radius 3 is 2.57 bits per heavy atom. The summed E-state index contributed by atoms with van der Waals surface area (Å²) in [6.45, 7) is 3.30. The molecule has 0 bridgehead atoms. The number of ether oxygens (including phenoxy) is 2. The quantitative estimate of drug-likeness (QED) is 0.759. The number of aliphatic hydroxyl groups excluding tert-OH is 1. The highest BCUT2D eigenvalue weighted by atomic mass is 16.5. The Morgan fingerprint density at radius 1 is 1.19 bits per heavy atom. The van der Waals surface area contributed by atoms with Gasteiger partial charge in [-0.15, -0.1) is 0 Å². The number of nitrogens with one attached hydrogen (secondary N) is 1. The Labute approximate surface area is 127 Å². The molecule has 0 radical (unpaired) electrons. The molecule has 0 spiro atoms. The lowest BCUT2D eigenvalue weighted by Crippen LogP contribution is -2.43. The van der Waals surface area contributed by atoms with Crippen molar-refractivity contribution in [3.05, 3.63) is 29.8 Å². The van der Waals surface area contributed by atoms with E-state index < -0.39 is 0 Å². The first-order valence-corrected chi connectivity index (χ1v) is 7.86. The number of rotatable bonds is 7. The summed E-state index contributed by atoms with van der Waals surface area (Å²) in [5.74, 6) is 0.862. The van der Waals surface area contributed by atoms with E-state index in [1.54, 1.807) is 7.11 Å². The van der Waals surface area contributed by atoms with Gasteiger partial charge in [0.05, 0.1) is 12.7 Å². The predicted octanol–water partition coefficient (Wildman–Crippen LogP) is 2.67. The molecule has 3 atom stereocenters. The van der Waals surface area contributed by atoms with Gasteiger partial charge in [0.2, 0.25) is 0 Å². The lowest BCUT2D eigenvalue weighted by Gasteiger charge is -2.31. The molecule has 1 aliphatic carbocycles. The largest absolute Gasteiger partial charge is 0.491 e. The fourth-order valence-electron chi connectivity index (χ4n) is 2.82. The van der Waals surface area contributed by atoms with Crippen LogP contribution in [0.2, 0.25) is 0 Å². The lowest BCUT2D eigenvalue weighted by atomic mass is 9.91. The molecule has 1 aromatic carbocycles. The van der Waals surface area contributed by atoms with Gasteiger partial charge >= 0.3 is 0 Å². The highest BCUT2D eigenvalue weighted by molar-refractivity contribution is 5.29. The van der Waals surface area contributed by atoms with Crippen molar-refractivity contribution >= 4 is 0 Å². The first kappa shape index (κ1) is 16.3. The van der Waals surface area contributed by atoms with Crippen LogP contribution in [-0.4, -0.2) is 37.6 Å². The third kappa shape index (κ3) is 4.99. The van der Waals surface area contributed by atoms with E-state index in [2.05, 4.69) is 24.4 Å². The van der Waals surface area contributed by atoms with Gasteiger partial charge in [0.15, 0.2) is 0 Å². The van der Waals surface area contributed by atoms with Crippen LogP contribution in [0.25, 0.3) is 0 Å². The minimum absolute atomic E-state index is 0.210. The smallest absolute Gasteiger partial charge is 0.119 e. The minimum atomic E-state index is -0.210. The third-order valence-electron chi connectivity index (χ3n) is 4.13. The van der Waals surface area contributed by atoms with Crippen LogP contribution in [-0.2, 0) is 4.74 Å². The second-order valence-corrected chi connectivity index (χ2v) is 5.76. The van der Waals surface area contributed by atoms with Gasteiger partial charge in [0.25, 0.3) is 0 Å². The Hall–Kier alpha value is -1.10. The van der Waals surface area contributed by atoms with Gasteiger partial charge in [-0.3, -0.25) is 0 Å².